The molecule has 8 nitrogen and oxygen atoms in total. The summed E-state index contributed by atoms with van der Waals surface area (Å²) in [6, 6.07) is 9.77. The molecule has 2 aliphatic heterocycles. The van der Waals surface area contributed by atoms with E-state index in [2.05, 4.69) is 22.4 Å². The monoisotopic (exact) mass is 483 g/mol. The Kier molecular flexibility index (Phi) is 7.63. The number of rotatable bonds is 9. The minimum Gasteiger partial charge on any atom is -0.342 e. The van der Waals surface area contributed by atoms with E-state index in [-0.39, 0.29) is 23.8 Å². The van der Waals surface area contributed by atoms with E-state index in [0.29, 0.717) is 58.3 Å². The van der Waals surface area contributed by atoms with Gasteiger partial charge in [0.15, 0.2) is 0 Å². The van der Waals surface area contributed by atoms with Crippen LogP contribution in [0.3, 0.4) is 0 Å². The first-order valence-electron chi connectivity index (χ1n) is 11.9. The second kappa shape index (κ2) is 10.7. The summed E-state index contributed by atoms with van der Waals surface area (Å²) in [5, 5.41) is 5.02. The van der Waals surface area contributed by atoms with E-state index in [1.165, 1.54) is 16.2 Å². The zero-order valence-electron chi connectivity index (χ0n) is 19.9. The quantitative estimate of drug-likeness (QED) is 0.554. The molecule has 1 aromatic heterocycles. The van der Waals surface area contributed by atoms with E-state index >= 15 is 0 Å². The van der Waals surface area contributed by atoms with E-state index in [1.807, 2.05) is 47.5 Å². The van der Waals surface area contributed by atoms with Crippen molar-refractivity contribution in [2.75, 3.05) is 40.3 Å². The van der Waals surface area contributed by atoms with Crippen molar-refractivity contribution in [1.29, 1.82) is 0 Å². The number of nitrogens with one attached hydrogen (secondary N) is 1. The highest BCUT2D eigenvalue weighted by Gasteiger charge is 2.55. The molecule has 182 valence electrons. The predicted molar refractivity (Wildman–Crippen MR) is 131 cm³/mol. The highest BCUT2D eigenvalue weighted by Crippen LogP contribution is 2.37. The molecule has 1 N–H and O–H groups in total. The van der Waals surface area contributed by atoms with E-state index in [4.69, 9.17) is 0 Å². The molecule has 4 rings (SSSR count). The maximum absolute atomic E-state index is 13.7. The minimum atomic E-state index is -0.927. The van der Waals surface area contributed by atoms with Gasteiger partial charge in [0.1, 0.15) is 5.54 Å². The van der Waals surface area contributed by atoms with E-state index in [9.17, 15) is 14.4 Å². The van der Waals surface area contributed by atoms with Gasteiger partial charge >= 0.3 is 6.03 Å². The Morgan fingerprint density at radius 3 is 2.59 bits per heavy atom. The molecule has 0 bridgehead atoms. The maximum atomic E-state index is 13.7. The summed E-state index contributed by atoms with van der Waals surface area (Å²) in [5.74, 6) is -0.0695. The van der Waals surface area contributed by atoms with Gasteiger partial charge in [-0.2, -0.15) is 0 Å². The summed E-state index contributed by atoms with van der Waals surface area (Å²) >= 11 is 1.49. The van der Waals surface area contributed by atoms with Gasteiger partial charge in [0, 0.05) is 31.6 Å². The molecule has 2 aliphatic rings. The fourth-order valence-corrected chi connectivity index (χ4v) is 5.56. The molecule has 4 amide bonds. The highest BCUT2D eigenvalue weighted by atomic mass is 32.1. The third kappa shape index (κ3) is 5.31. The number of aryl methyl sites for hydroxylation is 1. The molecule has 1 unspecified atom stereocenters. The molecule has 2 aromatic rings. The first-order valence-corrected chi connectivity index (χ1v) is 12.8. The van der Waals surface area contributed by atoms with Crippen molar-refractivity contribution < 1.29 is 14.4 Å². The van der Waals surface area contributed by atoms with Crippen molar-refractivity contribution in [3.63, 3.8) is 0 Å². The number of nitrogens with zero attached hydrogens (tertiary/aromatic N) is 4. The second-order valence-electron chi connectivity index (χ2n) is 9.46. The Labute approximate surface area is 204 Å². The normalized spacial score (nSPS) is 21.4. The van der Waals surface area contributed by atoms with Gasteiger partial charge in [-0.3, -0.25) is 14.5 Å². The van der Waals surface area contributed by atoms with E-state index in [0.717, 1.165) is 11.3 Å². The molecule has 3 heterocycles. The van der Waals surface area contributed by atoms with Gasteiger partial charge in [0.2, 0.25) is 5.91 Å². The average molecular weight is 484 g/mol. The number of hydrogen-bond acceptors (Lipinski definition) is 6. The summed E-state index contributed by atoms with van der Waals surface area (Å²) in [5.41, 5.74) is 2.75. The lowest BCUT2D eigenvalue weighted by atomic mass is 9.74. The molecular formula is C25H33N5O3S. The maximum Gasteiger partial charge on any atom is 0.325 e. The van der Waals surface area contributed by atoms with Gasteiger partial charge < -0.3 is 15.1 Å². The fraction of sp³-hybridized carbons (Fsp3) is 0.520. The summed E-state index contributed by atoms with van der Waals surface area (Å²) in [6.07, 6.45) is 2.94. The van der Waals surface area contributed by atoms with Gasteiger partial charge in [0.25, 0.3) is 5.91 Å². The van der Waals surface area contributed by atoms with Crippen LogP contribution in [0.25, 0.3) is 0 Å². The number of amides is 4. The number of thiazole rings is 1. The van der Waals surface area contributed by atoms with E-state index in [1.54, 1.807) is 5.51 Å². The molecular weight excluding hydrogens is 450 g/mol. The van der Waals surface area contributed by atoms with Crippen LogP contribution in [0.1, 0.15) is 30.5 Å². The Balaban J connectivity index is 1.48. The van der Waals surface area contributed by atoms with Crippen molar-refractivity contribution in [3.8, 4) is 0 Å². The number of benzene rings is 1. The third-order valence-corrected chi connectivity index (χ3v) is 7.62. The first-order chi connectivity index (χ1) is 16.4. The summed E-state index contributed by atoms with van der Waals surface area (Å²) in [7, 11) is 3.86. The molecule has 2 fully saturated rings. The number of hydrogen-bond donors (Lipinski definition) is 1. The number of likely N-dealkylation sites (tertiary alicyclic amines) is 1. The topological polar surface area (TPSA) is 85.8 Å². The van der Waals surface area contributed by atoms with Gasteiger partial charge in [0.05, 0.1) is 17.6 Å². The number of aromatic nitrogens is 1. The number of imide groups is 1. The van der Waals surface area contributed by atoms with Crippen LogP contribution in [0.4, 0.5) is 4.79 Å². The van der Waals surface area contributed by atoms with Crippen LogP contribution in [0.2, 0.25) is 0 Å². The van der Waals surface area contributed by atoms with Gasteiger partial charge in [-0.05, 0) is 51.3 Å². The Morgan fingerprint density at radius 1 is 1.21 bits per heavy atom. The lowest BCUT2D eigenvalue weighted by molar-refractivity contribution is -0.136. The van der Waals surface area contributed by atoms with Crippen LogP contribution >= 0.6 is 11.3 Å². The molecule has 0 saturated carbocycles. The zero-order valence-corrected chi connectivity index (χ0v) is 20.7. The summed E-state index contributed by atoms with van der Waals surface area (Å²) in [4.78, 5) is 48.8. The standard InChI is InChI=1S/C25H33N5O3S/c1-28(2)14-15-30-23(32)25(27-24(30)33,11-8-19-6-4-3-5-7-19)20-9-12-29(13-10-20)22(31)16-21-17-34-18-26-21/h3-7,17-18,20H,8-16H2,1-2H3,(H,27,33). The molecule has 0 aliphatic carbocycles. The predicted octanol–water partition coefficient (Wildman–Crippen LogP) is 2.41. The number of urea groups is 1. The summed E-state index contributed by atoms with van der Waals surface area (Å²) in [6.45, 7) is 2.16. The van der Waals surface area contributed by atoms with Crippen molar-refractivity contribution in [2.24, 2.45) is 5.92 Å². The van der Waals surface area contributed by atoms with Gasteiger partial charge in [-0.1, -0.05) is 30.3 Å². The van der Waals surface area contributed by atoms with Crippen LogP contribution in [0.15, 0.2) is 41.2 Å². The molecule has 1 aromatic carbocycles. The van der Waals surface area contributed by atoms with Crippen LogP contribution < -0.4 is 5.32 Å². The smallest absolute Gasteiger partial charge is 0.325 e. The summed E-state index contributed by atoms with van der Waals surface area (Å²) < 4.78 is 0. The van der Waals surface area contributed by atoms with E-state index < -0.39 is 5.54 Å². The first kappa shape index (κ1) is 24.3. The molecule has 9 heteroatoms. The number of carbonyl (C=O) groups is 3. The van der Waals surface area contributed by atoms with Crippen molar-refractivity contribution in [1.82, 2.24) is 25.0 Å². The highest BCUT2D eigenvalue weighted by molar-refractivity contribution is 7.07. The van der Waals surface area contributed by atoms with Crippen molar-refractivity contribution >= 4 is 29.2 Å². The van der Waals surface area contributed by atoms with Gasteiger partial charge in [-0.25, -0.2) is 9.78 Å². The van der Waals surface area contributed by atoms with Gasteiger partial charge in [-0.15, -0.1) is 11.3 Å². The van der Waals surface area contributed by atoms with Crippen molar-refractivity contribution in [3.05, 3.63) is 52.5 Å². The molecule has 0 spiro atoms. The molecule has 34 heavy (non-hydrogen) atoms. The average Bonchev–Trinajstić information content (AvgIpc) is 3.43. The zero-order chi connectivity index (χ0) is 24.1. The van der Waals surface area contributed by atoms with Crippen LogP contribution in [-0.4, -0.2) is 83.3 Å². The Morgan fingerprint density at radius 2 is 1.94 bits per heavy atom. The minimum absolute atomic E-state index is 0.0136. The molecule has 1 atom stereocenters. The lowest BCUT2D eigenvalue weighted by Gasteiger charge is -2.41. The number of likely N-dealkylation sites (N-methyl/N-ethyl adjacent to an activating group) is 1. The van der Waals surface area contributed by atoms with Crippen molar-refractivity contribution in [2.45, 2.75) is 37.6 Å². The van der Waals surface area contributed by atoms with Crippen LogP contribution in [0.5, 0.6) is 0 Å². The second-order valence-corrected chi connectivity index (χ2v) is 10.2. The fourth-order valence-electron chi connectivity index (χ4n) is 5.00. The molecule has 0 radical (unpaired) electrons. The Hall–Kier alpha value is -2.78. The largest absolute Gasteiger partial charge is 0.342 e. The lowest BCUT2D eigenvalue weighted by Crippen LogP contribution is -2.57. The third-order valence-electron chi connectivity index (χ3n) is 6.98. The Bertz CT molecular complexity index is 989. The SMILES string of the molecule is CN(C)CCN1C(=O)NC(CCc2ccccc2)(C2CCN(C(=O)Cc3cscn3)CC2)C1=O. The number of piperidine rings is 1. The van der Waals surface area contributed by atoms with Crippen LogP contribution in [-0.2, 0) is 22.4 Å². The van der Waals surface area contributed by atoms with Crippen LogP contribution in [0, 0.1) is 5.92 Å². The molecule has 2 saturated heterocycles. The number of carbonyl (C=O) groups excluding carboxylic acids is 3.